The van der Waals surface area contributed by atoms with Gasteiger partial charge < -0.3 is 14.5 Å². The number of anilines is 1. The van der Waals surface area contributed by atoms with E-state index >= 15 is 0 Å². The predicted molar refractivity (Wildman–Crippen MR) is 102 cm³/mol. The summed E-state index contributed by atoms with van der Waals surface area (Å²) in [5, 5.41) is 0. The van der Waals surface area contributed by atoms with Crippen LogP contribution in [0.4, 0.5) is 5.95 Å². The Morgan fingerprint density at radius 3 is 2.96 bits per heavy atom. The van der Waals surface area contributed by atoms with Gasteiger partial charge in [-0.05, 0) is 24.5 Å². The Hall–Kier alpha value is -2.83. The van der Waals surface area contributed by atoms with Crippen LogP contribution >= 0.6 is 0 Å². The third kappa shape index (κ3) is 3.67. The molecule has 1 fully saturated rings. The zero-order chi connectivity index (χ0) is 18.8. The number of hydrogen-bond donors (Lipinski definition) is 1. The van der Waals surface area contributed by atoms with Crippen LogP contribution in [0.3, 0.4) is 0 Å². The summed E-state index contributed by atoms with van der Waals surface area (Å²) in [6, 6.07) is 7.75. The molecule has 0 atom stereocenters. The number of carbonyl (C=O) groups is 1. The highest BCUT2D eigenvalue weighted by Gasteiger charge is 2.21. The molecule has 2 aliphatic heterocycles. The predicted octanol–water partition coefficient (Wildman–Crippen LogP) is 1.70. The van der Waals surface area contributed by atoms with Crippen LogP contribution in [-0.4, -0.2) is 47.5 Å². The molecule has 1 aromatic heterocycles. The van der Waals surface area contributed by atoms with E-state index in [-0.39, 0.29) is 18.1 Å². The number of aromatic nitrogens is 2. The Kier molecular flexibility index (Phi) is 4.83. The van der Waals surface area contributed by atoms with Gasteiger partial charge in [0.15, 0.2) is 0 Å². The number of para-hydroxylation sites is 1. The summed E-state index contributed by atoms with van der Waals surface area (Å²) in [6.45, 7) is 2.35. The number of hydrogen-bond acceptors (Lipinski definition) is 5. The van der Waals surface area contributed by atoms with E-state index in [9.17, 15) is 9.59 Å². The Labute approximate surface area is 158 Å². The summed E-state index contributed by atoms with van der Waals surface area (Å²) in [7, 11) is 1.88. The second kappa shape index (κ2) is 7.42. The molecule has 2 aromatic rings. The van der Waals surface area contributed by atoms with Gasteiger partial charge in [-0.15, -0.1) is 0 Å². The Morgan fingerprint density at radius 1 is 1.26 bits per heavy atom. The Balaban J connectivity index is 1.51. The first-order valence-corrected chi connectivity index (χ1v) is 9.43. The van der Waals surface area contributed by atoms with Gasteiger partial charge >= 0.3 is 0 Å². The van der Waals surface area contributed by atoms with E-state index in [1.54, 1.807) is 0 Å². The van der Waals surface area contributed by atoms with Gasteiger partial charge in [-0.25, -0.2) is 4.98 Å². The molecule has 142 valence electrons. The van der Waals surface area contributed by atoms with Crippen molar-refractivity contribution < 1.29 is 9.53 Å². The van der Waals surface area contributed by atoms with Crippen LogP contribution in [0.25, 0.3) is 0 Å². The average Bonchev–Trinajstić information content (AvgIpc) is 2.87. The van der Waals surface area contributed by atoms with Crippen molar-refractivity contribution in [1.29, 1.82) is 0 Å². The van der Waals surface area contributed by atoms with E-state index in [2.05, 4.69) is 9.97 Å². The fraction of sp³-hybridized carbons (Fsp3) is 0.450. The standard InChI is InChI=1S/C20H24N4O3/c1-23(10-11-24-9-5-4-8-18(24)25)20-21-16-13-27-17-7-3-2-6-14(17)12-15(16)19(26)22-20/h2-3,6-7H,4-5,8-13H2,1H3,(H,21,22,26). The van der Waals surface area contributed by atoms with Crippen LogP contribution in [0, 0.1) is 0 Å². The zero-order valence-electron chi connectivity index (χ0n) is 15.5. The SMILES string of the molecule is CN(CCN1CCCCC1=O)c1nc2c(c(=O)[nH]1)Cc1ccccc1OC2. The van der Waals surface area contributed by atoms with Crippen LogP contribution in [0.5, 0.6) is 5.75 Å². The lowest BCUT2D eigenvalue weighted by molar-refractivity contribution is -0.133. The fourth-order valence-electron chi connectivity index (χ4n) is 3.62. The quantitative estimate of drug-likeness (QED) is 0.889. The van der Waals surface area contributed by atoms with E-state index in [4.69, 9.17) is 4.74 Å². The summed E-state index contributed by atoms with van der Waals surface area (Å²) >= 11 is 0. The maximum Gasteiger partial charge on any atom is 0.256 e. The minimum atomic E-state index is -0.129. The molecule has 3 heterocycles. The second-order valence-electron chi connectivity index (χ2n) is 7.15. The minimum Gasteiger partial charge on any atom is -0.487 e. The molecule has 0 aliphatic carbocycles. The van der Waals surface area contributed by atoms with Crippen molar-refractivity contribution in [2.75, 3.05) is 31.6 Å². The molecule has 4 rings (SSSR count). The molecule has 7 nitrogen and oxygen atoms in total. The van der Waals surface area contributed by atoms with E-state index in [1.807, 2.05) is 41.1 Å². The highest BCUT2D eigenvalue weighted by atomic mass is 16.5. The third-order valence-corrected chi connectivity index (χ3v) is 5.28. The summed E-state index contributed by atoms with van der Waals surface area (Å²) in [5.74, 6) is 1.52. The lowest BCUT2D eigenvalue weighted by Gasteiger charge is -2.29. The number of carbonyl (C=O) groups excluding carboxylic acids is 1. The van der Waals surface area contributed by atoms with Gasteiger partial charge in [0.2, 0.25) is 11.9 Å². The molecule has 0 spiro atoms. The van der Waals surface area contributed by atoms with E-state index < -0.39 is 0 Å². The number of likely N-dealkylation sites (tertiary alicyclic amines) is 1. The summed E-state index contributed by atoms with van der Waals surface area (Å²) in [4.78, 5) is 35.9. The summed E-state index contributed by atoms with van der Waals surface area (Å²) in [5.41, 5.74) is 2.19. The van der Waals surface area contributed by atoms with Gasteiger partial charge in [0.05, 0.1) is 5.69 Å². The smallest absolute Gasteiger partial charge is 0.256 e. The molecule has 0 saturated carbocycles. The molecule has 2 aliphatic rings. The van der Waals surface area contributed by atoms with Crippen LogP contribution in [-0.2, 0) is 17.8 Å². The van der Waals surface area contributed by atoms with E-state index in [0.717, 1.165) is 30.7 Å². The molecule has 7 heteroatoms. The summed E-state index contributed by atoms with van der Waals surface area (Å²) < 4.78 is 5.85. The largest absolute Gasteiger partial charge is 0.487 e. The number of piperidine rings is 1. The molecule has 1 N–H and O–H groups in total. The van der Waals surface area contributed by atoms with Crippen molar-refractivity contribution in [2.24, 2.45) is 0 Å². The molecule has 1 aromatic carbocycles. The van der Waals surface area contributed by atoms with Gasteiger partial charge in [0, 0.05) is 45.1 Å². The topological polar surface area (TPSA) is 78.5 Å². The molecule has 1 saturated heterocycles. The molecule has 1 amide bonds. The number of fused-ring (bicyclic) bond motifs is 2. The van der Waals surface area contributed by atoms with Gasteiger partial charge in [0.1, 0.15) is 12.4 Å². The Bertz CT molecular complexity index is 908. The van der Waals surface area contributed by atoms with Crippen molar-refractivity contribution >= 4 is 11.9 Å². The molecular formula is C20H24N4O3. The first-order valence-electron chi connectivity index (χ1n) is 9.43. The Morgan fingerprint density at radius 2 is 2.11 bits per heavy atom. The highest BCUT2D eigenvalue weighted by molar-refractivity contribution is 5.76. The number of nitrogens with zero attached hydrogens (tertiary/aromatic N) is 3. The number of likely N-dealkylation sites (N-methyl/N-ethyl adjacent to an activating group) is 1. The number of aromatic amines is 1. The average molecular weight is 368 g/mol. The molecular weight excluding hydrogens is 344 g/mol. The third-order valence-electron chi connectivity index (χ3n) is 5.28. The van der Waals surface area contributed by atoms with Crippen LogP contribution in [0.15, 0.2) is 29.1 Å². The number of nitrogens with one attached hydrogen (secondary N) is 1. The lowest BCUT2D eigenvalue weighted by atomic mass is 10.1. The number of ether oxygens (including phenoxy) is 1. The van der Waals surface area contributed by atoms with Crippen molar-refractivity contribution in [2.45, 2.75) is 32.3 Å². The minimum absolute atomic E-state index is 0.129. The number of H-pyrrole nitrogens is 1. The normalized spacial score (nSPS) is 16.2. The van der Waals surface area contributed by atoms with Gasteiger partial charge in [-0.2, -0.15) is 0 Å². The van der Waals surface area contributed by atoms with Gasteiger partial charge in [-0.3, -0.25) is 14.6 Å². The second-order valence-corrected chi connectivity index (χ2v) is 7.15. The molecule has 0 unspecified atom stereocenters. The summed E-state index contributed by atoms with van der Waals surface area (Å²) in [6.07, 6.45) is 3.18. The maximum atomic E-state index is 12.7. The van der Waals surface area contributed by atoms with Gasteiger partial charge in [-0.1, -0.05) is 18.2 Å². The highest BCUT2D eigenvalue weighted by Crippen LogP contribution is 2.26. The number of benzene rings is 1. The van der Waals surface area contributed by atoms with E-state index in [0.29, 0.717) is 43.1 Å². The lowest BCUT2D eigenvalue weighted by Crippen LogP contribution is -2.41. The van der Waals surface area contributed by atoms with E-state index in [1.165, 1.54) is 0 Å². The molecule has 0 radical (unpaired) electrons. The van der Waals surface area contributed by atoms with Gasteiger partial charge in [0.25, 0.3) is 5.56 Å². The maximum absolute atomic E-state index is 12.7. The van der Waals surface area contributed by atoms with Crippen molar-refractivity contribution in [3.8, 4) is 5.75 Å². The monoisotopic (exact) mass is 368 g/mol. The van der Waals surface area contributed by atoms with Crippen molar-refractivity contribution in [3.63, 3.8) is 0 Å². The van der Waals surface area contributed by atoms with Crippen LogP contribution in [0.2, 0.25) is 0 Å². The van der Waals surface area contributed by atoms with Crippen molar-refractivity contribution in [3.05, 3.63) is 51.4 Å². The first-order chi connectivity index (χ1) is 13.1. The van der Waals surface area contributed by atoms with Crippen LogP contribution in [0.1, 0.15) is 36.1 Å². The van der Waals surface area contributed by atoms with Crippen molar-refractivity contribution in [1.82, 2.24) is 14.9 Å². The number of rotatable bonds is 4. The zero-order valence-corrected chi connectivity index (χ0v) is 15.5. The first kappa shape index (κ1) is 17.6. The molecule has 27 heavy (non-hydrogen) atoms. The number of amides is 1. The fourth-order valence-corrected chi connectivity index (χ4v) is 3.62. The molecule has 0 bridgehead atoms. The van der Waals surface area contributed by atoms with Crippen LogP contribution < -0.4 is 15.2 Å².